The number of nitro groups is 1. The number of halogens is 1. The van der Waals surface area contributed by atoms with E-state index < -0.39 is 10.6 Å². The smallest absolute Gasteiger partial charge is 0.316 e. The van der Waals surface area contributed by atoms with Gasteiger partial charge >= 0.3 is 5.69 Å². The zero-order valence-corrected chi connectivity index (χ0v) is 19.9. The van der Waals surface area contributed by atoms with E-state index in [4.69, 9.17) is 9.84 Å². The van der Waals surface area contributed by atoms with Crippen molar-refractivity contribution in [3.8, 4) is 11.4 Å². The molecule has 3 aromatic rings. The van der Waals surface area contributed by atoms with Crippen LogP contribution in [-0.4, -0.2) is 54.8 Å². The molecule has 1 aliphatic carbocycles. The minimum Gasteiger partial charge on any atom is -0.357 e. The minimum absolute atomic E-state index is 0.119. The van der Waals surface area contributed by atoms with Gasteiger partial charge in [0.1, 0.15) is 18.1 Å². The lowest BCUT2D eigenvalue weighted by molar-refractivity contribution is -0.384. The third-order valence-corrected chi connectivity index (χ3v) is 7.74. The molecule has 3 aliphatic rings. The highest BCUT2D eigenvalue weighted by Gasteiger charge is 2.39. The Hall–Kier alpha value is -3.08. The van der Waals surface area contributed by atoms with Gasteiger partial charge in [-0.3, -0.25) is 19.8 Å². The molecule has 0 radical (unpaired) electrons. The first-order valence-electron chi connectivity index (χ1n) is 12.6. The molecule has 1 saturated carbocycles. The third kappa shape index (κ3) is 3.95. The van der Waals surface area contributed by atoms with Gasteiger partial charge in [-0.05, 0) is 56.9 Å². The molecule has 3 fully saturated rings. The minimum atomic E-state index is -1.26. The van der Waals surface area contributed by atoms with E-state index in [2.05, 4.69) is 21.9 Å². The maximum absolute atomic E-state index is 15.1. The average molecular weight is 484 g/mol. The quantitative estimate of drug-likeness (QED) is 0.356. The van der Waals surface area contributed by atoms with Crippen LogP contribution in [0.5, 0.6) is 0 Å². The van der Waals surface area contributed by atoms with Crippen molar-refractivity contribution in [1.29, 1.82) is 0 Å². The predicted molar refractivity (Wildman–Crippen MR) is 128 cm³/mol. The number of anilines is 1. The number of rotatable bonds is 7. The number of alkyl halides is 1. The van der Waals surface area contributed by atoms with Gasteiger partial charge in [0.15, 0.2) is 11.5 Å². The van der Waals surface area contributed by atoms with Gasteiger partial charge in [-0.1, -0.05) is 6.92 Å². The topological polar surface area (TPSA) is 104 Å². The average Bonchev–Trinajstić information content (AvgIpc) is 3.41. The van der Waals surface area contributed by atoms with Crippen molar-refractivity contribution in [2.24, 2.45) is 5.92 Å². The number of hydrogen-bond acceptors (Lipinski definition) is 7. The van der Waals surface area contributed by atoms with Gasteiger partial charge in [0.2, 0.25) is 0 Å². The van der Waals surface area contributed by atoms with E-state index in [0.717, 1.165) is 61.9 Å². The maximum Gasteiger partial charge on any atom is 0.316 e. The third-order valence-electron chi connectivity index (χ3n) is 7.74. The van der Waals surface area contributed by atoms with E-state index in [1.807, 2.05) is 0 Å². The second-order valence-electron chi connectivity index (χ2n) is 10.2. The first kappa shape index (κ1) is 22.4. The fraction of sp³-hybridized carbons (Fsp3) is 0.625. The molecule has 186 valence electrons. The van der Waals surface area contributed by atoms with E-state index in [1.54, 1.807) is 16.9 Å². The van der Waals surface area contributed by atoms with E-state index in [0.29, 0.717) is 31.1 Å². The lowest BCUT2D eigenvalue weighted by atomic mass is 9.82. The van der Waals surface area contributed by atoms with Crippen LogP contribution in [0.2, 0.25) is 0 Å². The standard InChI is InChI=1S/C24H30FN7O3/c1-2-16-12-29(13-16)23-17-11-26-18(10-19(17)31(28-23)15-24(25)7-5-8-24)22-20(32(33)34)14-30(27-22)21-6-3-4-9-35-21/h10-11,14,16,21H,2-9,12-13,15H2,1H3. The van der Waals surface area contributed by atoms with Gasteiger partial charge in [0.25, 0.3) is 0 Å². The van der Waals surface area contributed by atoms with Crippen LogP contribution in [-0.2, 0) is 11.3 Å². The summed E-state index contributed by atoms with van der Waals surface area (Å²) in [4.78, 5) is 18.2. The van der Waals surface area contributed by atoms with Crippen LogP contribution < -0.4 is 4.90 Å². The zero-order valence-electron chi connectivity index (χ0n) is 19.9. The van der Waals surface area contributed by atoms with Crippen molar-refractivity contribution in [1.82, 2.24) is 24.5 Å². The Bertz CT molecular complexity index is 1260. The number of aromatic nitrogens is 5. The molecule has 0 amide bonds. The molecule has 11 heteroatoms. The highest BCUT2D eigenvalue weighted by molar-refractivity contribution is 5.92. The summed E-state index contributed by atoms with van der Waals surface area (Å²) in [6.45, 7) is 4.80. The van der Waals surface area contributed by atoms with Crippen molar-refractivity contribution in [3.05, 3.63) is 28.6 Å². The molecular weight excluding hydrogens is 453 g/mol. The zero-order chi connectivity index (χ0) is 24.2. The normalized spacial score (nSPS) is 22.2. The van der Waals surface area contributed by atoms with E-state index in [9.17, 15) is 10.1 Å². The molecule has 2 aliphatic heterocycles. The molecule has 0 N–H and O–H groups in total. The molecule has 10 nitrogen and oxygen atoms in total. The van der Waals surface area contributed by atoms with Crippen LogP contribution in [0, 0.1) is 16.0 Å². The van der Waals surface area contributed by atoms with Gasteiger partial charge in [0, 0.05) is 25.9 Å². The second-order valence-corrected chi connectivity index (χ2v) is 10.2. The fourth-order valence-corrected chi connectivity index (χ4v) is 5.30. The summed E-state index contributed by atoms with van der Waals surface area (Å²) >= 11 is 0. The summed E-state index contributed by atoms with van der Waals surface area (Å²) in [5.74, 6) is 1.44. The van der Waals surface area contributed by atoms with Crippen LogP contribution in [0.15, 0.2) is 18.5 Å². The van der Waals surface area contributed by atoms with Crippen molar-refractivity contribution in [3.63, 3.8) is 0 Å². The predicted octanol–water partition coefficient (Wildman–Crippen LogP) is 4.64. The van der Waals surface area contributed by atoms with Gasteiger partial charge in [-0.15, -0.1) is 0 Å². The Morgan fingerprint density at radius 1 is 1.26 bits per heavy atom. The first-order valence-corrected chi connectivity index (χ1v) is 12.6. The largest absolute Gasteiger partial charge is 0.357 e. The lowest BCUT2D eigenvalue weighted by Crippen LogP contribution is -2.46. The van der Waals surface area contributed by atoms with Crippen molar-refractivity contribution >= 4 is 22.4 Å². The van der Waals surface area contributed by atoms with Gasteiger partial charge in [-0.2, -0.15) is 10.2 Å². The Kier molecular flexibility index (Phi) is 5.46. The molecule has 5 heterocycles. The SMILES string of the molecule is CCC1CN(c2nn(CC3(F)CCC3)c3cc(-c4nn(C5CCCCO5)cc4[N+](=O)[O-])ncc23)C1. The second kappa shape index (κ2) is 8.54. The van der Waals surface area contributed by atoms with Gasteiger partial charge < -0.3 is 9.64 Å². The van der Waals surface area contributed by atoms with Crippen molar-refractivity contribution < 1.29 is 14.1 Å². The number of pyridine rings is 1. The Morgan fingerprint density at radius 2 is 2.09 bits per heavy atom. The molecule has 3 aromatic heterocycles. The highest BCUT2D eigenvalue weighted by atomic mass is 19.1. The van der Waals surface area contributed by atoms with Crippen molar-refractivity contribution in [2.75, 3.05) is 24.6 Å². The van der Waals surface area contributed by atoms with Crippen LogP contribution in [0.25, 0.3) is 22.3 Å². The number of ether oxygens (including phenoxy) is 1. The Labute approximate surface area is 202 Å². The summed E-state index contributed by atoms with van der Waals surface area (Å²) in [7, 11) is 0. The summed E-state index contributed by atoms with van der Waals surface area (Å²) in [6.07, 6.45) is 8.58. The fourth-order valence-electron chi connectivity index (χ4n) is 5.30. The molecule has 0 bridgehead atoms. The summed E-state index contributed by atoms with van der Waals surface area (Å²) < 4.78 is 24.2. The van der Waals surface area contributed by atoms with E-state index in [-0.39, 0.29) is 24.2 Å². The van der Waals surface area contributed by atoms with Gasteiger partial charge in [-0.25, -0.2) is 9.07 Å². The molecule has 0 spiro atoms. The number of fused-ring (bicyclic) bond motifs is 1. The van der Waals surface area contributed by atoms with E-state index >= 15 is 4.39 Å². The lowest BCUT2D eigenvalue weighted by Gasteiger charge is -2.39. The summed E-state index contributed by atoms with van der Waals surface area (Å²) in [6, 6.07) is 1.77. The molecule has 6 rings (SSSR count). The molecule has 0 aromatic carbocycles. The van der Waals surface area contributed by atoms with Crippen LogP contribution in [0.1, 0.15) is 58.1 Å². The number of nitrogens with zero attached hydrogens (tertiary/aromatic N) is 7. The monoisotopic (exact) mass is 483 g/mol. The van der Waals surface area contributed by atoms with Crippen molar-refractivity contribution in [2.45, 2.75) is 70.3 Å². The molecule has 35 heavy (non-hydrogen) atoms. The first-order chi connectivity index (χ1) is 16.9. The van der Waals surface area contributed by atoms with Gasteiger partial charge in [0.05, 0.1) is 28.1 Å². The molecular formula is C24H30FN7O3. The molecule has 1 atom stereocenters. The van der Waals surface area contributed by atoms with Crippen LogP contribution in [0.4, 0.5) is 15.9 Å². The van der Waals surface area contributed by atoms with E-state index in [1.165, 1.54) is 10.9 Å². The maximum atomic E-state index is 15.1. The Balaban J connectivity index is 1.41. The van der Waals surface area contributed by atoms with Crippen LogP contribution >= 0.6 is 0 Å². The van der Waals surface area contributed by atoms with Crippen LogP contribution in [0.3, 0.4) is 0 Å². The summed E-state index contributed by atoms with van der Waals surface area (Å²) in [5, 5.41) is 22.0. The molecule has 2 saturated heterocycles. The Morgan fingerprint density at radius 3 is 2.74 bits per heavy atom. The molecule has 1 unspecified atom stereocenters. The number of hydrogen-bond donors (Lipinski definition) is 0. The summed E-state index contributed by atoms with van der Waals surface area (Å²) in [5.41, 5.74) is -0.0812. The highest BCUT2D eigenvalue weighted by Crippen LogP contribution is 2.40.